The van der Waals surface area contributed by atoms with Gasteiger partial charge in [0.25, 0.3) is 0 Å². The van der Waals surface area contributed by atoms with Crippen LogP contribution in [0.4, 0.5) is 5.69 Å². The average molecular weight is 254 g/mol. The van der Waals surface area contributed by atoms with Crippen LogP contribution < -0.4 is 10.6 Å². The zero-order valence-corrected chi connectivity index (χ0v) is 10.8. The van der Waals surface area contributed by atoms with E-state index in [9.17, 15) is 0 Å². The highest BCUT2D eigenvalue weighted by Crippen LogP contribution is 2.33. The SMILES string of the molecule is NC1CCN(c2cccnc2)C(c2cccnc2)C1. The number of pyridine rings is 2. The molecule has 0 aliphatic carbocycles. The summed E-state index contributed by atoms with van der Waals surface area (Å²) in [4.78, 5) is 10.8. The van der Waals surface area contributed by atoms with Crippen molar-refractivity contribution < 1.29 is 0 Å². The van der Waals surface area contributed by atoms with Crippen LogP contribution in [0, 0.1) is 0 Å². The first-order valence-corrected chi connectivity index (χ1v) is 6.67. The lowest BCUT2D eigenvalue weighted by Crippen LogP contribution is -2.42. The van der Waals surface area contributed by atoms with Crippen LogP contribution in [-0.4, -0.2) is 22.6 Å². The topological polar surface area (TPSA) is 55.0 Å². The summed E-state index contributed by atoms with van der Waals surface area (Å²) in [6, 6.07) is 8.74. The van der Waals surface area contributed by atoms with Gasteiger partial charge in [-0.25, -0.2) is 0 Å². The standard InChI is InChI=1S/C15H18N4/c16-13-5-8-19(14-4-2-7-18-11-14)15(9-13)12-3-1-6-17-10-12/h1-4,6-7,10-11,13,15H,5,8-9,16H2. The minimum atomic E-state index is 0.262. The summed E-state index contributed by atoms with van der Waals surface area (Å²) in [6.07, 6.45) is 9.44. The monoisotopic (exact) mass is 254 g/mol. The third-order valence-corrected chi connectivity index (χ3v) is 3.69. The van der Waals surface area contributed by atoms with E-state index in [2.05, 4.69) is 27.0 Å². The second-order valence-corrected chi connectivity index (χ2v) is 4.99. The molecule has 19 heavy (non-hydrogen) atoms. The number of hydrogen-bond donors (Lipinski definition) is 1. The fourth-order valence-electron chi connectivity index (χ4n) is 2.71. The van der Waals surface area contributed by atoms with Gasteiger partial charge in [0.05, 0.1) is 17.9 Å². The Kier molecular flexibility index (Phi) is 3.42. The smallest absolute Gasteiger partial charge is 0.0572 e. The van der Waals surface area contributed by atoms with E-state index in [1.807, 2.05) is 24.5 Å². The number of rotatable bonds is 2. The first kappa shape index (κ1) is 12.1. The van der Waals surface area contributed by atoms with E-state index in [1.165, 1.54) is 5.56 Å². The summed E-state index contributed by atoms with van der Waals surface area (Å²) in [5.74, 6) is 0. The molecule has 1 aliphatic heterocycles. The van der Waals surface area contributed by atoms with E-state index in [4.69, 9.17) is 5.73 Å². The van der Waals surface area contributed by atoms with Gasteiger partial charge in [-0.2, -0.15) is 0 Å². The average Bonchev–Trinajstić information content (AvgIpc) is 2.49. The van der Waals surface area contributed by atoms with Gasteiger partial charge in [-0.15, -0.1) is 0 Å². The summed E-state index contributed by atoms with van der Waals surface area (Å²) in [7, 11) is 0. The minimum Gasteiger partial charge on any atom is -0.363 e. The van der Waals surface area contributed by atoms with Gasteiger partial charge in [0.2, 0.25) is 0 Å². The number of aromatic nitrogens is 2. The molecule has 0 bridgehead atoms. The molecule has 4 nitrogen and oxygen atoms in total. The zero-order valence-electron chi connectivity index (χ0n) is 10.8. The first-order valence-electron chi connectivity index (χ1n) is 6.67. The Morgan fingerprint density at radius 2 is 1.89 bits per heavy atom. The van der Waals surface area contributed by atoms with Crippen LogP contribution in [0.5, 0.6) is 0 Å². The highest BCUT2D eigenvalue weighted by molar-refractivity contribution is 5.47. The van der Waals surface area contributed by atoms with E-state index in [0.29, 0.717) is 6.04 Å². The highest BCUT2D eigenvalue weighted by Gasteiger charge is 2.28. The van der Waals surface area contributed by atoms with Crippen molar-refractivity contribution >= 4 is 5.69 Å². The maximum Gasteiger partial charge on any atom is 0.0572 e. The molecular weight excluding hydrogens is 236 g/mol. The van der Waals surface area contributed by atoms with E-state index in [-0.39, 0.29) is 6.04 Å². The summed E-state index contributed by atoms with van der Waals surface area (Å²) >= 11 is 0. The molecule has 2 aromatic heterocycles. The Bertz CT molecular complexity index is 514. The van der Waals surface area contributed by atoms with Gasteiger partial charge in [-0.05, 0) is 36.6 Å². The summed E-state index contributed by atoms with van der Waals surface area (Å²) < 4.78 is 0. The van der Waals surface area contributed by atoms with Crippen LogP contribution in [0.1, 0.15) is 24.4 Å². The van der Waals surface area contributed by atoms with E-state index in [1.54, 1.807) is 12.4 Å². The lowest BCUT2D eigenvalue weighted by Gasteiger charge is -2.40. The molecule has 1 aliphatic rings. The number of piperidine rings is 1. The quantitative estimate of drug-likeness (QED) is 0.892. The van der Waals surface area contributed by atoms with Crippen LogP contribution in [-0.2, 0) is 0 Å². The van der Waals surface area contributed by atoms with Crippen molar-refractivity contribution in [2.24, 2.45) is 5.73 Å². The molecule has 2 aromatic rings. The Morgan fingerprint density at radius 1 is 1.11 bits per heavy atom. The number of nitrogens with zero attached hydrogens (tertiary/aromatic N) is 3. The second-order valence-electron chi connectivity index (χ2n) is 4.99. The summed E-state index contributed by atoms with van der Waals surface area (Å²) in [5.41, 5.74) is 8.52. The molecule has 0 saturated carbocycles. The zero-order chi connectivity index (χ0) is 13.1. The van der Waals surface area contributed by atoms with E-state index < -0.39 is 0 Å². The number of anilines is 1. The molecule has 2 unspecified atom stereocenters. The van der Waals surface area contributed by atoms with Crippen LogP contribution in [0.25, 0.3) is 0 Å². The molecule has 3 rings (SSSR count). The van der Waals surface area contributed by atoms with Crippen molar-refractivity contribution in [1.29, 1.82) is 0 Å². The van der Waals surface area contributed by atoms with Gasteiger partial charge in [-0.1, -0.05) is 6.07 Å². The fourth-order valence-corrected chi connectivity index (χ4v) is 2.71. The molecule has 2 atom stereocenters. The largest absolute Gasteiger partial charge is 0.363 e. The van der Waals surface area contributed by atoms with Crippen LogP contribution in [0.2, 0.25) is 0 Å². The minimum absolute atomic E-state index is 0.262. The molecule has 3 heterocycles. The predicted molar refractivity (Wildman–Crippen MR) is 75.8 cm³/mol. The van der Waals surface area contributed by atoms with Gasteiger partial charge in [0.15, 0.2) is 0 Å². The van der Waals surface area contributed by atoms with Crippen molar-refractivity contribution in [2.45, 2.75) is 24.9 Å². The molecule has 1 fully saturated rings. The Morgan fingerprint density at radius 3 is 2.58 bits per heavy atom. The van der Waals surface area contributed by atoms with Crippen molar-refractivity contribution in [2.75, 3.05) is 11.4 Å². The van der Waals surface area contributed by atoms with Gasteiger partial charge in [0, 0.05) is 31.2 Å². The molecule has 0 radical (unpaired) electrons. The normalized spacial score (nSPS) is 23.3. The number of nitrogens with two attached hydrogens (primary N) is 1. The predicted octanol–water partition coefficient (Wildman–Crippen LogP) is 2.15. The molecule has 0 aromatic carbocycles. The molecular formula is C15H18N4. The van der Waals surface area contributed by atoms with E-state index in [0.717, 1.165) is 25.1 Å². The van der Waals surface area contributed by atoms with Gasteiger partial charge < -0.3 is 10.6 Å². The lowest BCUT2D eigenvalue weighted by molar-refractivity contribution is 0.419. The maximum absolute atomic E-state index is 6.14. The van der Waals surface area contributed by atoms with Gasteiger partial charge >= 0.3 is 0 Å². The summed E-state index contributed by atoms with van der Waals surface area (Å²) in [6.45, 7) is 0.965. The first-order chi connectivity index (χ1) is 9.34. The van der Waals surface area contributed by atoms with Crippen molar-refractivity contribution in [3.63, 3.8) is 0 Å². The van der Waals surface area contributed by atoms with Crippen molar-refractivity contribution in [3.05, 3.63) is 54.6 Å². The molecule has 0 spiro atoms. The van der Waals surface area contributed by atoms with Crippen molar-refractivity contribution in [3.8, 4) is 0 Å². The maximum atomic E-state index is 6.14. The molecule has 98 valence electrons. The lowest BCUT2D eigenvalue weighted by atomic mass is 9.92. The van der Waals surface area contributed by atoms with Crippen LogP contribution in [0.3, 0.4) is 0 Å². The highest BCUT2D eigenvalue weighted by atomic mass is 15.2. The van der Waals surface area contributed by atoms with Gasteiger partial charge in [0.1, 0.15) is 0 Å². The van der Waals surface area contributed by atoms with Crippen molar-refractivity contribution in [1.82, 2.24) is 9.97 Å². The van der Waals surface area contributed by atoms with Gasteiger partial charge in [-0.3, -0.25) is 9.97 Å². The Labute approximate surface area is 113 Å². The molecule has 4 heteroatoms. The van der Waals surface area contributed by atoms with Crippen LogP contribution >= 0.6 is 0 Å². The molecule has 0 amide bonds. The fraction of sp³-hybridized carbons (Fsp3) is 0.333. The van der Waals surface area contributed by atoms with E-state index >= 15 is 0 Å². The Balaban J connectivity index is 1.93. The third kappa shape index (κ3) is 2.58. The molecule has 1 saturated heterocycles. The number of hydrogen-bond acceptors (Lipinski definition) is 4. The third-order valence-electron chi connectivity index (χ3n) is 3.69. The van der Waals surface area contributed by atoms with Crippen LogP contribution in [0.15, 0.2) is 49.1 Å². The summed E-state index contributed by atoms with van der Waals surface area (Å²) in [5, 5.41) is 0. The molecule has 2 N–H and O–H groups in total. The second kappa shape index (κ2) is 5.36. The Hall–Kier alpha value is -1.94.